The van der Waals surface area contributed by atoms with Gasteiger partial charge < -0.3 is 4.90 Å². The highest BCUT2D eigenvalue weighted by Gasteiger charge is 2.33. The minimum Gasteiger partial charge on any atom is -0.312 e. The van der Waals surface area contributed by atoms with E-state index in [9.17, 15) is 9.59 Å². The molecular formula is C28H33ClN2O2. The Labute approximate surface area is 202 Å². The van der Waals surface area contributed by atoms with Gasteiger partial charge in [0.25, 0.3) is 0 Å². The summed E-state index contributed by atoms with van der Waals surface area (Å²) in [6.45, 7) is 3.12. The van der Waals surface area contributed by atoms with Crippen LogP contribution in [0.25, 0.3) is 0 Å². The van der Waals surface area contributed by atoms with Crippen molar-refractivity contribution in [1.29, 1.82) is 0 Å². The van der Waals surface area contributed by atoms with Gasteiger partial charge in [-0.25, -0.2) is 0 Å². The molecule has 6 rings (SSSR count). The number of nitrogens with zero attached hydrogens (tertiary/aromatic N) is 2. The first kappa shape index (κ1) is 22.6. The van der Waals surface area contributed by atoms with Crippen LogP contribution in [0, 0.1) is 5.92 Å². The van der Waals surface area contributed by atoms with Crippen LogP contribution in [0.2, 0.25) is 0 Å². The number of piperidine rings is 1. The van der Waals surface area contributed by atoms with Crippen LogP contribution in [0.1, 0.15) is 64.7 Å². The van der Waals surface area contributed by atoms with Crippen molar-refractivity contribution in [2.75, 3.05) is 24.5 Å². The molecule has 4 aliphatic rings. The van der Waals surface area contributed by atoms with Gasteiger partial charge in [-0.2, -0.15) is 0 Å². The second-order valence-corrected chi connectivity index (χ2v) is 10.2. The lowest BCUT2D eigenvalue weighted by molar-refractivity contribution is -0.118. The van der Waals surface area contributed by atoms with Gasteiger partial charge in [0.2, 0.25) is 5.91 Å². The maximum Gasteiger partial charge on any atom is 0.227 e. The monoisotopic (exact) mass is 464 g/mol. The van der Waals surface area contributed by atoms with Crippen LogP contribution in [-0.2, 0) is 30.5 Å². The van der Waals surface area contributed by atoms with Gasteiger partial charge in [-0.05, 0) is 98.3 Å². The molecule has 0 spiro atoms. The maximum absolute atomic E-state index is 13.0. The van der Waals surface area contributed by atoms with Crippen molar-refractivity contribution in [3.8, 4) is 0 Å². The smallest absolute Gasteiger partial charge is 0.227 e. The Balaban J connectivity index is 0.00000228. The number of hydrogen-bond acceptors (Lipinski definition) is 3. The molecule has 5 heteroatoms. The molecule has 0 atom stereocenters. The maximum atomic E-state index is 13.0. The number of hydrogen-bond donors (Lipinski definition) is 0. The summed E-state index contributed by atoms with van der Waals surface area (Å²) in [5.41, 5.74) is 7.45. The van der Waals surface area contributed by atoms with E-state index in [0.29, 0.717) is 24.8 Å². The van der Waals surface area contributed by atoms with Gasteiger partial charge in [0, 0.05) is 31.0 Å². The van der Waals surface area contributed by atoms with E-state index in [4.69, 9.17) is 0 Å². The zero-order valence-corrected chi connectivity index (χ0v) is 20.0. The summed E-state index contributed by atoms with van der Waals surface area (Å²) >= 11 is 0. The third-order valence-corrected chi connectivity index (χ3v) is 8.35. The van der Waals surface area contributed by atoms with Crippen LogP contribution < -0.4 is 4.90 Å². The summed E-state index contributed by atoms with van der Waals surface area (Å²) in [6, 6.07) is 13.7. The van der Waals surface area contributed by atoms with Crippen molar-refractivity contribution in [2.45, 2.75) is 63.8 Å². The second-order valence-electron chi connectivity index (χ2n) is 10.2. The number of halogens is 1. The quantitative estimate of drug-likeness (QED) is 0.597. The lowest BCUT2D eigenvalue weighted by Crippen LogP contribution is -2.42. The van der Waals surface area contributed by atoms with Crippen molar-refractivity contribution in [1.82, 2.24) is 4.90 Å². The topological polar surface area (TPSA) is 40.6 Å². The fourth-order valence-electron chi connectivity index (χ4n) is 6.50. The zero-order valence-electron chi connectivity index (χ0n) is 19.2. The van der Waals surface area contributed by atoms with Crippen molar-refractivity contribution in [3.05, 3.63) is 64.2 Å². The summed E-state index contributed by atoms with van der Waals surface area (Å²) in [5.74, 6) is 1.19. The molecule has 4 nitrogen and oxygen atoms in total. The molecule has 0 bridgehead atoms. The van der Waals surface area contributed by atoms with Crippen LogP contribution in [0.15, 0.2) is 36.4 Å². The largest absolute Gasteiger partial charge is 0.312 e. The standard InChI is InChI=1S/C28H32N2O2.ClH/c31-26(24-15-22-6-8-27(32)30-14-11-23(16-24)28(22)30)7-5-19-9-12-29(13-10-19)25-17-20-3-1-2-4-21(20)18-25;/h1-4,15-16,19,25H,5-14,17-18H2;1H. The van der Waals surface area contributed by atoms with E-state index in [1.807, 2.05) is 4.90 Å². The molecule has 2 aromatic carbocycles. The van der Waals surface area contributed by atoms with Gasteiger partial charge in [-0.1, -0.05) is 24.3 Å². The van der Waals surface area contributed by atoms with E-state index in [-0.39, 0.29) is 24.1 Å². The van der Waals surface area contributed by atoms with E-state index < -0.39 is 0 Å². The summed E-state index contributed by atoms with van der Waals surface area (Å²) < 4.78 is 0. The molecule has 0 radical (unpaired) electrons. The summed E-state index contributed by atoms with van der Waals surface area (Å²) in [5, 5.41) is 0. The van der Waals surface area contributed by atoms with Gasteiger partial charge in [-0.15, -0.1) is 12.4 Å². The Hall–Kier alpha value is -2.17. The molecule has 1 amide bonds. The molecule has 0 aromatic heterocycles. The Morgan fingerprint density at radius 1 is 0.879 bits per heavy atom. The van der Waals surface area contributed by atoms with Crippen LogP contribution in [0.4, 0.5) is 5.69 Å². The minimum atomic E-state index is 0. The van der Waals surface area contributed by atoms with E-state index >= 15 is 0 Å². The van der Waals surface area contributed by atoms with E-state index in [1.54, 1.807) is 0 Å². The van der Waals surface area contributed by atoms with Crippen LogP contribution in [-0.4, -0.2) is 42.3 Å². The summed E-state index contributed by atoms with van der Waals surface area (Å²) in [7, 11) is 0. The Morgan fingerprint density at radius 2 is 1.55 bits per heavy atom. The molecule has 0 N–H and O–H groups in total. The van der Waals surface area contributed by atoms with E-state index in [2.05, 4.69) is 41.3 Å². The predicted molar refractivity (Wildman–Crippen MR) is 134 cm³/mol. The fourth-order valence-corrected chi connectivity index (χ4v) is 6.50. The number of fused-ring (bicyclic) bond motifs is 1. The SMILES string of the molecule is Cl.O=C(CCC1CCN(C2Cc3ccccc3C2)CC1)c1cc2c3c(c1)CCN3C(=O)CC2. The molecule has 33 heavy (non-hydrogen) atoms. The number of ketones is 1. The molecule has 0 saturated carbocycles. The van der Waals surface area contributed by atoms with Gasteiger partial charge >= 0.3 is 0 Å². The molecule has 2 aromatic rings. The molecule has 3 aliphatic heterocycles. The van der Waals surface area contributed by atoms with Gasteiger partial charge in [0.1, 0.15) is 0 Å². The van der Waals surface area contributed by atoms with Gasteiger partial charge in [0.15, 0.2) is 5.78 Å². The first-order chi connectivity index (χ1) is 15.7. The number of rotatable bonds is 5. The fraction of sp³-hybridized carbons (Fsp3) is 0.500. The number of carbonyl (C=O) groups excluding carboxylic acids is 2. The Kier molecular flexibility index (Phi) is 6.32. The zero-order chi connectivity index (χ0) is 21.7. The first-order valence-electron chi connectivity index (χ1n) is 12.5. The summed E-state index contributed by atoms with van der Waals surface area (Å²) in [4.78, 5) is 29.8. The van der Waals surface area contributed by atoms with Crippen molar-refractivity contribution in [3.63, 3.8) is 0 Å². The summed E-state index contributed by atoms with van der Waals surface area (Å²) in [6.07, 6.45) is 8.73. The molecule has 1 fully saturated rings. The highest BCUT2D eigenvalue weighted by Crippen LogP contribution is 2.38. The van der Waals surface area contributed by atoms with Crippen LogP contribution in [0.5, 0.6) is 0 Å². The molecule has 1 saturated heterocycles. The lowest BCUT2D eigenvalue weighted by Gasteiger charge is -2.36. The number of carbonyl (C=O) groups is 2. The molecule has 0 unspecified atom stereocenters. The Morgan fingerprint density at radius 3 is 2.24 bits per heavy atom. The highest BCUT2D eigenvalue weighted by molar-refractivity contribution is 6.02. The molecule has 174 valence electrons. The number of aryl methyl sites for hydroxylation is 1. The number of amides is 1. The van der Waals surface area contributed by atoms with Crippen molar-refractivity contribution in [2.24, 2.45) is 5.92 Å². The molecular weight excluding hydrogens is 432 g/mol. The predicted octanol–water partition coefficient (Wildman–Crippen LogP) is 4.79. The van der Waals surface area contributed by atoms with Crippen molar-refractivity contribution >= 4 is 29.8 Å². The average Bonchev–Trinajstić information content (AvgIpc) is 3.45. The normalized spacial score (nSPS) is 20.5. The van der Waals surface area contributed by atoms with E-state index in [1.165, 1.54) is 61.0 Å². The first-order valence-corrected chi connectivity index (χ1v) is 12.5. The van der Waals surface area contributed by atoms with Gasteiger partial charge in [0.05, 0.1) is 5.69 Å². The van der Waals surface area contributed by atoms with Crippen LogP contribution >= 0.6 is 12.4 Å². The highest BCUT2D eigenvalue weighted by atomic mass is 35.5. The van der Waals surface area contributed by atoms with Gasteiger partial charge in [-0.3, -0.25) is 14.5 Å². The second kappa shape index (κ2) is 9.23. The average molecular weight is 465 g/mol. The van der Waals surface area contributed by atoms with Crippen molar-refractivity contribution < 1.29 is 9.59 Å². The minimum absolute atomic E-state index is 0. The number of likely N-dealkylation sites (tertiary alicyclic amines) is 1. The molecule has 3 heterocycles. The Bertz CT molecular complexity index is 1050. The number of anilines is 1. The number of benzene rings is 2. The number of Topliss-reactive ketones (excluding diaryl/α,β-unsaturated/α-hetero) is 1. The lowest BCUT2D eigenvalue weighted by atomic mass is 9.88. The van der Waals surface area contributed by atoms with Crippen LogP contribution in [0.3, 0.4) is 0 Å². The molecule has 1 aliphatic carbocycles. The third-order valence-electron chi connectivity index (χ3n) is 8.35. The third kappa shape index (κ3) is 4.24. The van der Waals surface area contributed by atoms with E-state index in [0.717, 1.165) is 37.1 Å².